The van der Waals surface area contributed by atoms with Gasteiger partial charge in [-0.3, -0.25) is 4.79 Å². The third kappa shape index (κ3) is 3.34. The molecule has 0 N–H and O–H groups in total. The topological polar surface area (TPSA) is 26.3 Å². The van der Waals surface area contributed by atoms with Gasteiger partial charge in [0.15, 0.2) is 0 Å². The maximum Gasteiger partial charge on any atom is 0.309 e. The van der Waals surface area contributed by atoms with Gasteiger partial charge in [-0.1, -0.05) is 66.7 Å². The number of hydrogen-bond donors (Lipinski definition) is 0. The summed E-state index contributed by atoms with van der Waals surface area (Å²) in [5.41, 5.74) is 3.51. The van der Waals surface area contributed by atoms with Crippen LogP contribution in [0.1, 0.15) is 16.7 Å². The van der Waals surface area contributed by atoms with Crippen LogP contribution in [0.25, 0.3) is 10.8 Å². The Morgan fingerprint density at radius 2 is 1.45 bits per heavy atom. The van der Waals surface area contributed by atoms with E-state index in [0.29, 0.717) is 6.42 Å². The Balaban J connectivity index is 1.75. The molecule has 0 aromatic heterocycles. The van der Waals surface area contributed by atoms with Crippen molar-refractivity contribution in [2.24, 2.45) is 0 Å². The van der Waals surface area contributed by atoms with E-state index in [-0.39, 0.29) is 5.97 Å². The van der Waals surface area contributed by atoms with E-state index in [0.717, 1.165) is 12.0 Å². The molecule has 0 atom stereocenters. The van der Waals surface area contributed by atoms with Gasteiger partial charge in [-0.05, 0) is 33.9 Å². The number of ether oxygens (including phenoxy) is 1. The highest BCUT2D eigenvalue weighted by Gasteiger charge is 2.03. The lowest BCUT2D eigenvalue weighted by molar-refractivity contribution is -0.139. The highest BCUT2D eigenvalue weighted by atomic mass is 16.5. The van der Waals surface area contributed by atoms with Gasteiger partial charge in [-0.25, -0.2) is 0 Å². The van der Waals surface area contributed by atoms with Gasteiger partial charge in [0.2, 0.25) is 0 Å². The molecule has 0 saturated carbocycles. The minimum atomic E-state index is -0.206. The fourth-order valence-electron chi connectivity index (χ4n) is 2.60. The van der Waals surface area contributed by atoms with Gasteiger partial charge in [0, 0.05) is 0 Å². The molecule has 110 valence electrons. The average molecular weight is 290 g/mol. The van der Waals surface area contributed by atoms with Crippen LogP contribution in [0, 0.1) is 0 Å². The molecule has 0 bridgehead atoms. The van der Waals surface area contributed by atoms with E-state index in [1.54, 1.807) is 0 Å². The summed E-state index contributed by atoms with van der Waals surface area (Å²) in [6.07, 6.45) is 1.22. The molecule has 0 amide bonds. The summed E-state index contributed by atoms with van der Waals surface area (Å²) < 4.78 is 4.68. The summed E-state index contributed by atoms with van der Waals surface area (Å²) >= 11 is 0. The first-order chi connectivity index (χ1) is 10.7. The summed E-state index contributed by atoms with van der Waals surface area (Å²) in [7, 11) is 1.41. The lowest BCUT2D eigenvalue weighted by atomic mass is 10.00. The highest BCUT2D eigenvalue weighted by molar-refractivity contribution is 5.83. The lowest BCUT2D eigenvalue weighted by Crippen LogP contribution is -2.04. The van der Waals surface area contributed by atoms with Gasteiger partial charge < -0.3 is 4.74 Å². The maximum absolute atomic E-state index is 11.3. The van der Waals surface area contributed by atoms with E-state index < -0.39 is 0 Å². The van der Waals surface area contributed by atoms with Crippen molar-refractivity contribution in [3.63, 3.8) is 0 Å². The van der Waals surface area contributed by atoms with Gasteiger partial charge in [-0.2, -0.15) is 0 Å². The fourth-order valence-corrected chi connectivity index (χ4v) is 2.60. The van der Waals surface area contributed by atoms with Crippen LogP contribution in [0.2, 0.25) is 0 Å². The normalized spacial score (nSPS) is 10.6. The molecule has 0 unspecified atom stereocenters. The molecule has 3 aromatic carbocycles. The molecule has 0 heterocycles. The second kappa shape index (κ2) is 6.44. The van der Waals surface area contributed by atoms with Gasteiger partial charge in [0.1, 0.15) is 0 Å². The quantitative estimate of drug-likeness (QED) is 0.675. The van der Waals surface area contributed by atoms with Crippen LogP contribution >= 0.6 is 0 Å². The molecule has 0 saturated heterocycles. The summed E-state index contributed by atoms with van der Waals surface area (Å²) in [5.74, 6) is -0.206. The van der Waals surface area contributed by atoms with E-state index in [1.165, 1.54) is 29.0 Å². The number of carbonyl (C=O) groups is 1. The Morgan fingerprint density at radius 3 is 2.18 bits per heavy atom. The van der Waals surface area contributed by atoms with Crippen molar-refractivity contribution in [3.05, 3.63) is 83.4 Å². The number of fused-ring (bicyclic) bond motifs is 1. The highest BCUT2D eigenvalue weighted by Crippen LogP contribution is 2.18. The molecule has 0 aliphatic rings. The Hall–Kier alpha value is -2.61. The molecule has 0 radical (unpaired) electrons. The Labute approximate surface area is 130 Å². The molecule has 0 fully saturated rings. The summed E-state index contributed by atoms with van der Waals surface area (Å²) in [6, 6.07) is 23.1. The maximum atomic E-state index is 11.3. The predicted octanol–water partition coefficient (Wildman–Crippen LogP) is 4.15. The Bertz CT molecular complexity index is 788. The van der Waals surface area contributed by atoms with Crippen LogP contribution < -0.4 is 0 Å². The van der Waals surface area contributed by atoms with Crippen molar-refractivity contribution in [3.8, 4) is 0 Å². The molecule has 0 aliphatic heterocycles. The summed E-state index contributed by atoms with van der Waals surface area (Å²) in [4.78, 5) is 11.3. The van der Waals surface area contributed by atoms with E-state index in [1.807, 2.05) is 12.1 Å². The molecule has 3 rings (SSSR count). The number of hydrogen-bond acceptors (Lipinski definition) is 2. The van der Waals surface area contributed by atoms with Crippen molar-refractivity contribution in [1.82, 2.24) is 0 Å². The number of carbonyl (C=O) groups excluding carboxylic acids is 1. The first-order valence-corrected chi connectivity index (χ1v) is 7.37. The number of benzene rings is 3. The molecule has 0 spiro atoms. The monoisotopic (exact) mass is 290 g/mol. The molecular weight excluding hydrogens is 272 g/mol. The predicted molar refractivity (Wildman–Crippen MR) is 88.9 cm³/mol. The second-order valence-corrected chi connectivity index (χ2v) is 5.43. The van der Waals surface area contributed by atoms with Gasteiger partial charge >= 0.3 is 5.97 Å². The van der Waals surface area contributed by atoms with Crippen molar-refractivity contribution in [1.29, 1.82) is 0 Å². The molecule has 22 heavy (non-hydrogen) atoms. The smallest absolute Gasteiger partial charge is 0.309 e. The molecule has 0 aliphatic carbocycles. The SMILES string of the molecule is COC(=O)Cc1ccc(Cc2ccc3ccccc3c2)cc1. The van der Waals surface area contributed by atoms with Gasteiger partial charge in [0.05, 0.1) is 13.5 Å². The van der Waals surface area contributed by atoms with Crippen LogP contribution in [0.15, 0.2) is 66.7 Å². The third-order valence-corrected chi connectivity index (χ3v) is 3.82. The van der Waals surface area contributed by atoms with Crippen LogP contribution in [0.3, 0.4) is 0 Å². The van der Waals surface area contributed by atoms with Gasteiger partial charge in [0.25, 0.3) is 0 Å². The largest absolute Gasteiger partial charge is 0.469 e. The van der Waals surface area contributed by atoms with Crippen molar-refractivity contribution >= 4 is 16.7 Å². The fraction of sp³-hybridized carbons (Fsp3) is 0.150. The summed E-state index contributed by atoms with van der Waals surface area (Å²) in [5, 5.41) is 2.53. The molecule has 2 heteroatoms. The van der Waals surface area contributed by atoms with Crippen LogP contribution in [-0.4, -0.2) is 13.1 Å². The van der Waals surface area contributed by atoms with Crippen molar-refractivity contribution in [2.75, 3.05) is 7.11 Å². The minimum Gasteiger partial charge on any atom is -0.469 e. The standard InChI is InChI=1S/C20H18O2/c1-22-20(21)14-16-8-6-15(7-9-16)12-17-10-11-18-4-2-3-5-19(18)13-17/h2-11,13H,12,14H2,1H3. The Morgan fingerprint density at radius 1 is 0.818 bits per heavy atom. The van der Waals surface area contributed by atoms with Crippen LogP contribution in [0.4, 0.5) is 0 Å². The lowest BCUT2D eigenvalue weighted by Gasteiger charge is -2.06. The number of methoxy groups -OCH3 is 1. The Kier molecular flexibility index (Phi) is 4.19. The van der Waals surface area contributed by atoms with Gasteiger partial charge in [-0.15, -0.1) is 0 Å². The van der Waals surface area contributed by atoms with E-state index in [2.05, 4.69) is 59.3 Å². The van der Waals surface area contributed by atoms with Crippen LogP contribution in [0.5, 0.6) is 0 Å². The summed E-state index contributed by atoms with van der Waals surface area (Å²) in [6.45, 7) is 0. The first-order valence-electron chi connectivity index (χ1n) is 7.37. The zero-order chi connectivity index (χ0) is 15.4. The molecular formula is C20H18O2. The second-order valence-electron chi connectivity index (χ2n) is 5.43. The minimum absolute atomic E-state index is 0.206. The first kappa shape index (κ1) is 14.3. The van der Waals surface area contributed by atoms with E-state index in [4.69, 9.17) is 0 Å². The number of rotatable bonds is 4. The van der Waals surface area contributed by atoms with E-state index in [9.17, 15) is 4.79 Å². The molecule has 3 aromatic rings. The van der Waals surface area contributed by atoms with Crippen molar-refractivity contribution < 1.29 is 9.53 Å². The van der Waals surface area contributed by atoms with Crippen molar-refractivity contribution in [2.45, 2.75) is 12.8 Å². The van der Waals surface area contributed by atoms with Crippen LogP contribution in [-0.2, 0) is 22.4 Å². The third-order valence-electron chi connectivity index (χ3n) is 3.82. The van der Waals surface area contributed by atoms with E-state index >= 15 is 0 Å². The molecule has 2 nitrogen and oxygen atoms in total. The average Bonchev–Trinajstić information content (AvgIpc) is 2.56. The zero-order valence-corrected chi connectivity index (χ0v) is 12.6. The number of esters is 1. The zero-order valence-electron chi connectivity index (χ0n) is 12.6.